The van der Waals surface area contributed by atoms with E-state index in [1.54, 1.807) is 0 Å². The standard InChI is InChI=1S/C15H28N2O2/c1-12-4-2-3-5-13(12)6-9-17-14(18)15(16)7-10-19-11-8-15/h12-13H,2-11,16H2,1H3,(H,17,18). The number of rotatable bonds is 4. The maximum atomic E-state index is 12.2. The second-order valence-corrected chi connectivity index (χ2v) is 6.33. The molecule has 19 heavy (non-hydrogen) atoms. The predicted octanol–water partition coefficient (Wildman–Crippen LogP) is 1.83. The van der Waals surface area contributed by atoms with E-state index in [-0.39, 0.29) is 5.91 Å². The molecule has 110 valence electrons. The van der Waals surface area contributed by atoms with Crippen LogP contribution in [0.25, 0.3) is 0 Å². The van der Waals surface area contributed by atoms with Gasteiger partial charge < -0.3 is 15.8 Å². The molecule has 1 amide bonds. The molecule has 2 atom stereocenters. The van der Waals surface area contributed by atoms with Crippen molar-refractivity contribution >= 4 is 5.91 Å². The third-order valence-electron chi connectivity index (χ3n) is 4.93. The molecule has 0 radical (unpaired) electrons. The van der Waals surface area contributed by atoms with Gasteiger partial charge in [0, 0.05) is 19.8 Å². The van der Waals surface area contributed by atoms with E-state index in [2.05, 4.69) is 12.2 Å². The van der Waals surface area contributed by atoms with E-state index in [4.69, 9.17) is 10.5 Å². The van der Waals surface area contributed by atoms with Gasteiger partial charge in [0.2, 0.25) is 5.91 Å². The van der Waals surface area contributed by atoms with Gasteiger partial charge in [-0.2, -0.15) is 0 Å². The summed E-state index contributed by atoms with van der Waals surface area (Å²) in [5.74, 6) is 1.59. The van der Waals surface area contributed by atoms with Gasteiger partial charge in [0.05, 0.1) is 5.54 Å². The summed E-state index contributed by atoms with van der Waals surface area (Å²) in [6.45, 7) is 4.31. The summed E-state index contributed by atoms with van der Waals surface area (Å²) in [5, 5.41) is 3.04. The monoisotopic (exact) mass is 268 g/mol. The summed E-state index contributed by atoms with van der Waals surface area (Å²) in [6, 6.07) is 0. The molecule has 0 aromatic carbocycles. The van der Waals surface area contributed by atoms with Crippen LogP contribution in [0.1, 0.15) is 51.9 Å². The molecular formula is C15H28N2O2. The molecule has 2 rings (SSSR count). The van der Waals surface area contributed by atoms with Crippen LogP contribution in [-0.4, -0.2) is 31.2 Å². The Morgan fingerprint density at radius 1 is 1.32 bits per heavy atom. The van der Waals surface area contributed by atoms with Crippen molar-refractivity contribution < 1.29 is 9.53 Å². The summed E-state index contributed by atoms with van der Waals surface area (Å²) in [7, 11) is 0. The summed E-state index contributed by atoms with van der Waals surface area (Å²) in [6.07, 6.45) is 7.75. The zero-order valence-electron chi connectivity index (χ0n) is 12.1. The minimum absolute atomic E-state index is 0.0132. The van der Waals surface area contributed by atoms with E-state index >= 15 is 0 Å². The highest BCUT2D eigenvalue weighted by molar-refractivity contribution is 5.86. The van der Waals surface area contributed by atoms with Gasteiger partial charge in [-0.25, -0.2) is 0 Å². The highest BCUT2D eigenvalue weighted by Crippen LogP contribution is 2.31. The van der Waals surface area contributed by atoms with Crippen LogP contribution in [0.5, 0.6) is 0 Å². The third kappa shape index (κ3) is 3.93. The first-order valence-electron chi connectivity index (χ1n) is 7.77. The Hall–Kier alpha value is -0.610. The Balaban J connectivity index is 1.71. The van der Waals surface area contributed by atoms with Crippen molar-refractivity contribution in [1.29, 1.82) is 0 Å². The van der Waals surface area contributed by atoms with Crippen LogP contribution in [0.15, 0.2) is 0 Å². The molecule has 3 N–H and O–H groups in total. The van der Waals surface area contributed by atoms with Gasteiger partial charge in [0.15, 0.2) is 0 Å². The van der Waals surface area contributed by atoms with E-state index in [0.29, 0.717) is 26.1 Å². The first-order chi connectivity index (χ1) is 9.12. The second kappa shape index (κ2) is 6.71. The quantitative estimate of drug-likeness (QED) is 0.817. The predicted molar refractivity (Wildman–Crippen MR) is 75.7 cm³/mol. The fraction of sp³-hybridized carbons (Fsp3) is 0.933. The average Bonchev–Trinajstić information content (AvgIpc) is 2.41. The van der Waals surface area contributed by atoms with E-state index in [0.717, 1.165) is 24.8 Å². The molecular weight excluding hydrogens is 240 g/mol. The molecule has 4 heteroatoms. The van der Waals surface area contributed by atoms with Gasteiger partial charge >= 0.3 is 0 Å². The molecule has 2 unspecified atom stereocenters. The molecule has 1 aliphatic heterocycles. The Morgan fingerprint density at radius 3 is 2.68 bits per heavy atom. The van der Waals surface area contributed by atoms with Crippen molar-refractivity contribution in [3.05, 3.63) is 0 Å². The number of carbonyl (C=O) groups is 1. The Bertz CT molecular complexity index is 301. The SMILES string of the molecule is CC1CCCCC1CCNC(=O)C1(N)CCOCC1. The van der Waals surface area contributed by atoms with Gasteiger partial charge in [-0.3, -0.25) is 4.79 Å². The number of hydrogen-bond acceptors (Lipinski definition) is 3. The van der Waals surface area contributed by atoms with Crippen LogP contribution >= 0.6 is 0 Å². The zero-order chi connectivity index (χ0) is 13.7. The maximum Gasteiger partial charge on any atom is 0.240 e. The summed E-state index contributed by atoms with van der Waals surface area (Å²) < 4.78 is 5.27. The number of amides is 1. The van der Waals surface area contributed by atoms with E-state index in [9.17, 15) is 4.79 Å². The lowest BCUT2D eigenvalue weighted by Gasteiger charge is -2.33. The number of hydrogen-bond donors (Lipinski definition) is 2. The van der Waals surface area contributed by atoms with Crippen molar-refractivity contribution in [3.63, 3.8) is 0 Å². The number of nitrogens with two attached hydrogens (primary N) is 1. The minimum Gasteiger partial charge on any atom is -0.381 e. The van der Waals surface area contributed by atoms with Gasteiger partial charge in [-0.1, -0.05) is 32.6 Å². The van der Waals surface area contributed by atoms with Crippen LogP contribution in [0.4, 0.5) is 0 Å². The Kier molecular flexibility index (Phi) is 5.22. The van der Waals surface area contributed by atoms with E-state index in [1.165, 1.54) is 25.7 Å². The topological polar surface area (TPSA) is 64.4 Å². The van der Waals surface area contributed by atoms with E-state index < -0.39 is 5.54 Å². The van der Waals surface area contributed by atoms with Crippen molar-refractivity contribution in [2.75, 3.05) is 19.8 Å². The fourth-order valence-electron chi connectivity index (χ4n) is 3.33. The number of nitrogens with one attached hydrogen (secondary N) is 1. The molecule has 2 aliphatic rings. The molecule has 0 bridgehead atoms. The molecule has 0 aromatic heterocycles. The van der Waals surface area contributed by atoms with Crippen molar-refractivity contribution in [2.24, 2.45) is 17.6 Å². The zero-order valence-corrected chi connectivity index (χ0v) is 12.1. The van der Waals surface area contributed by atoms with Crippen molar-refractivity contribution in [3.8, 4) is 0 Å². The highest BCUT2D eigenvalue weighted by Gasteiger charge is 2.35. The van der Waals surface area contributed by atoms with Crippen LogP contribution in [0, 0.1) is 11.8 Å². The normalized spacial score (nSPS) is 30.8. The second-order valence-electron chi connectivity index (χ2n) is 6.33. The largest absolute Gasteiger partial charge is 0.381 e. The van der Waals surface area contributed by atoms with Crippen LogP contribution in [0.3, 0.4) is 0 Å². The summed E-state index contributed by atoms with van der Waals surface area (Å²) in [4.78, 5) is 12.2. The molecule has 0 spiro atoms. The average molecular weight is 268 g/mol. The molecule has 2 fully saturated rings. The molecule has 1 saturated carbocycles. The molecule has 4 nitrogen and oxygen atoms in total. The van der Waals surface area contributed by atoms with Gasteiger partial charge in [0.1, 0.15) is 0 Å². The summed E-state index contributed by atoms with van der Waals surface area (Å²) in [5.41, 5.74) is 5.46. The third-order valence-corrected chi connectivity index (χ3v) is 4.93. The maximum absolute atomic E-state index is 12.2. The Morgan fingerprint density at radius 2 is 2.00 bits per heavy atom. The fourth-order valence-corrected chi connectivity index (χ4v) is 3.33. The van der Waals surface area contributed by atoms with Crippen LogP contribution in [0.2, 0.25) is 0 Å². The minimum atomic E-state index is -0.698. The molecule has 0 aromatic rings. The molecule has 1 saturated heterocycles. The highest BCUT2D eigenvalue weighted by atomic mass is 16.5. The van der Waals surface area contributed by atoms with Crippen LogP contribution in [-0.2, 0) is 9.53 Å². The number of carbonyl (C=O) groups excluding carboxylic acids is 1. The molecule has 1 heterocycles. The summed E-state index contributed by atoms with van der Waals surface area (Å²) >= 11 is 0. The lowest BCUT2D eigenvalue weighted by molar-refractivity contribution is -0.129. The first kappa shape index (κ1) is 14.8. The number of ether oxygens (including phenoxy) is 1. The lowest BCUT2D eigenvalue weighted by Crippen LogP contribution is -2.57. The smallest absolute Gasteiger partial charge is 0.240 e. The van der Waals surface area contributed by atoms with Crippen molar-refractivity contribution in [1.82, 2.24) is 5.32 Å². The first-order valence-corrected chi connectivity index (χ1v) is 7.77. The van der Waals surface area contributed by atoms with Gasteiger partial charge in [0.25, 0.3) is 0 Å². The van der Waals surface area contributed by atoms with Crippen molar-refractivity contribution in [2.45, 2.75) is 57.4 Å². The van der Waals surface area contributed by atoms with Gasteiger partial charge in [-0.15, -0.1) is 0 Å². The van der Waals surface area contributed by atoms with Gasteiger partial charge in [-0.05, 0) is 31.1 Å². The van der Waals surface area contributed by atoms with E-state index in [1.807, 2.05) is 0 Å². The Labute approximate surface area is 116 Å². The molecule has 1 aliphatic carbocycles. The van der Waals surface area contributed by atoms with Crippen LogP contribution < -0.4 is 11.1 Å². The lowest BCUT2D eigenvalue weighted by atomic mass is 9.78.